The van der Waals surface area contributed by atoms with Crippen LogP contribution in [0.15, 0.2) is 0 Å². The van der Waals surface area contributed by atoms with Crippen molar-refractivity contribution in [2.24, 2.45) is 5.73 Å². The second kappa shape index (κ2) is 9.84. The van der Waals surface area contributed by atoms with Crippen molar-refractivity contribution < 1.29 is 17.2 Å². The molecule has 0 saturated carbocycles. The van der Waals surface area contributed by atoms with Crippen molar-refractivity contribution in [2.75, 3.05) is 34.3 Å². The first-order valence-corrected chi connectivity index (χ1v) is 4.59. The minimum Gasteiger partial charge on any atom is -0.344 e. The second-order valence-electron chi connectivity index (χ2n) is 2.38. The van der Waals surface area contributed by atoms with Crippen LogP contribution in [0.4, 0.5) is 0 Å². The van der Waals surface area contributed by atoms with E-state index in [1.807, 2.05) is 26.0 Å². The Morgan fingerprint density at radius 3 is 1.77 bits per heavy atom. The van der Waals surface area contributed by atoms with Gasteiger partial charge in [-0.1, -0.05) is 0 Å². The molecule has 84 valence electrons. The van der Waals surface area contributed by atoms with Gasteiger partial charge in [-0.15, -0.1) is 0 Å². The van der Waals surface area contributed by atoms with Gasteiger partial charge in [-0.25, -0.2) is 4.18 Å². The maximum Gasteiger partial charge on any atom is 0.397 e. The van der Waals surface area contributed by atoms with Crippen LogP contribution < -0.4 is 11.9 Å². The zero-order chi connectivity index (χ0) is 10.2. The van der Waals surface area contributed by atoms with E-state index >= 15 is 0 Å². The normalized spacial score (nSPS) is 10.0. The topological polar surface area (TPSA) is 128 Å². The number of hydrogen-bond donors (Lipinski definition) is 3. The predicted octanol–water partition coefficient (Wildman–Crippen LogP) is -0.896. The molecule has 0 fully saturated rings. The Morgan fingerprint density at radius 2 is 1.69 bits per heavy atom. The van der Waals surface area contributed by atoms with Crippen molar-refractivity contribution in [1.82, 2.24) is 11.1 Å². The van der Waals surface area contributed by atoms with Crippen LogP contribution in [0.3, 0.4) is 0 Å². The number of hydrogen-bond acceptors (Lipinski definition) is 6. The Bertz CT molecular complexity index is 177. The fourth-order valence-corrected chi connectivity index (χ4v) is 0.460. The summed E-state index contributed by atoms with van der Waals surface area (Å²) in [4.78, 5) is 2.00. The van der Waals surface area contributed by atoms with Crippen molar-refractivity contribution >= 4 is 10.4 Å². The minimum atomic E-state index is -4.27. The van der Waals surface area contributed by atoms with Crippen molar-refractivity contribution in [3.8, 4) is 0 Å². The molecule has 0 aliphatic heterocycles. The summed E-state index contributed by atoms with van der Waals surface area (Å²) in [5, 5.41) is 0. The van der Waals surface area contributed by atoms with E-state index in [-0.39, 0.29) is 19.3 Å². The van der Waals surface area contributed by atoms with Crippen LogP contribution in [0, 0.1) is 0 Å². The number of nitrogens with two attached hydrogens (primary N) is 1. The first-order chi connectivity index (χ1) is 5.29. The van der Waals surface area contributed by atoms with Crippen LogP contribution in [0.1, 0.15) is 0 Å². The molecule has 0 rings (SSSR count). The van der Waals surface area contributed by atoms with E-state index in [1.54, 1.807) is 0 Å². The van der Waals surface area contributed by atoms with Gasteiger partial charge < -0.3 is 16.8 Å². The van der Waals surface area contributed by atoms with Gasteiger partial charge in [-0.3, -0.25) is 4.55 Å². The third-order valence-corrected chi connectivity index (χ3v) is 0.815. The minimum absolute atomic E-state index is 0. The zero-order valence-corrected chi connectivity index (χ0v) is 9.04. The Balaban J connectivity index is -0.000000173. The molecule has 7 nitrogen and oxygen atoms in total. The molecule has 0 aromatic heterocycles. The maximum absolute atomic E-state index is 9.67. The fraction of sp³-hybridized carbons (Fsp3) is 1.00. The molecule has 0 heterocycles. The van der Waals surface area contributed by atoms with Crippen LogP contribution in [0.2, 0.25) is 0 Å². The fourth-order valence-electron chi connectivity index (χ4n) is 0.153. The predicted molar refractivity (Wildman–Crippen MR) is 51.2 cm³/mol. The van der Waals surface area contributed by atoms with Crippen molar-refractivity contribution in [2.45, 2.75) is 0 Å². The summed E-state index contributed by atoms with van der Waals surface area (Å²) < 4.78 is 31.0. The van der Waals surface area contributed by atoms with E-state index in [4.69, 9.17) is 10.3 Å². The SMILES string of the molecule is CN(C)C.N.NCCOS(=O)(=O)O. The highest BCUT2D eigenvalue weighted by Gasteiger charge is 2.00. The lowest BCUT2D eigenvalue weighted by Crippen LogP contribution is -2.12. The van der Waals surface area contributed by atoms with Gasteiger partial charge >= 0.3 is 10.4 Å². The van der Waals surface area contributed by atoms with E-state index in [2.05, 4.69) is 4.18 Å². The van der Waals surface area contributed by atoms with E-state index in [0.29, 0.717) is 0 Å². The van der Waals surface area contributed by atoms with Gasteiger partial charge in [-0.05, 0) is 21.1 Å². The van der Waals surface area contributed by atoms with Gasteiger partial charge in [-0.2, -0.15) is 8.42 Å². The summed E-state index contributed by atoms with van der Waals surface area (Å²) in [5.41, 5.74) is 4.84. The van der Waals surface area contributed by atoms with Gasteiger partial charge in [0, 0.05) is 6.54 Å². The quantitative estimate of drug-likeness (QED) is 0.523. The van der Waals surface area contributed by atoms with E-state index in [0.717, 1.165) is 0 Å². The third kappa shape index (κ3) is 49.5. The molecule has 0 saturated heterocycles. The molecule has 0 aromatic rings. The van der Waals surface area contributed by atoms with Crippen LogP contribution in [-0.2, 0) is 14.6 Å². The van der Waals surface area contributed by atoms with E-state index in [9.17, 15) is 8.42 Å². The second-order valence-corrected chi connectivity index (χ2v) is 3.47. The molecule has 8 heteroatoms. The monoisotopic (exact) mass is 217 g/mol. The van der Waals surface area contributed by atoms with Crippen molar-refractivity contribution in [3.05, 3.63) is 0 Å². The smallest absolute Gasteiger partial charge is 0.344 e. The summed E-state index contributed by atoms with van der Waals surface area (Å²) in [6.07, 6.45) is 0. The molecule has 0 spiro atoms. The average molecular weight is 217 g/mol. The molecule has 0 amide bonds. The van der Waals surface area contributed by atoms with Gasteiger partial charge in [0.2, 0.25) is 0 Å². The Morgan fingerprint density at radius 1 is 1.38 bits per heavy atom. The van der Waals surface area contributed by atoms with E-state index in [1.165, 1.54) is 0 Å². The Labute approximate surface area is 79.4 Å². The zero-order valence-electron chi connectivity index (χ0n) is 8.23. The highest BCUT2D eigenvalue weighted by molar-refractivity contribution is 7.80. The highest BCUT2D eigenvalue weighted by atomic mass is 32.3. The average Bonchev–Trinajstić information content (AvgIpc) is 1.80. The van der Waals surface area contributed by atoms with Gasteiger partial charge in [0.05, 0.1) is 6.61 Å². The highest BCUT2D eigenvalue weighted by Crippen LogP contribution is 1.81. The molecule has 0 unspecified atom stereocenters. The molecule has 0 aliphatic carbocycles. The summed E-state index contributed by atoms with van der Waals surface area (Å²) in [5.74, 6) is 0. The lowest BCUT2D eigenvalue weighted by atomic mass is 10.8. The first kappa shape index (κ1) is 18.5. The maximum atomic E-state index is 9.67. The molecule has 0 aromatic carbocycles. The molecule has 13 heavy (non-hydrogen) atoms. The number of rotatable bonds is 3. The Kier molecular flexibility index (Phi) is 14.0. The van der Waals surface area contributed by atoms with Gasteiger partial charge in [0.25, 0.3) is 0 Å². The lowest BCUT2D eigenvalue weighted by Gasteiger charge is -1.92. The lowest BCUT2D eigenvalue weighted by molar-refractivity contribution is 0.276. The third-order valence-electron chi connectivity index (χ3n) is 0.350. The van der Waals surface area contributed by atoms with Crippen LogP contribution in [-0.4, -0.2) is 52.2 Å². The largest absolute Gasteiger partial charge is 0.397 e. The van der Waals surface area contributed by atoms with Gasteiger partial charge in [0.1, 0.15) is 0 Å². The Hall–Kier alpha value is -0.250. The van der Waals surface area contributed by atoms with Crippen LogP contribution in [0.25, 0.3) is 0 Å². The molecule has 0 atom stereocenters. The van der Waals surface area contributed by atoms with E-state index < -0.39 is 10.4 Å². The number of nitrogens with zero attached hydrogens (tertiary/aromatic N) is 1. The molecule has 0 bridgehead atoms. The van der Waals surface area contributed by atoms with Gasteiger partial charge in [0.15, 0.2) is 0 Å². The summed E-state index contributed by atoms with van der Waals surface area (Å²) in [7, 11) is 1.73. The van der Waals surface area contributed by atoms with Crippen LogP contribution >= 0.6 is 0 Å². The van der Waals surface area contributed by atoms with Crippen molar-refractivity contribution in [1.29, 1.82) is 0 Å². The summed E-state index contributed by atoms with van der Waals surface area (Å²) >= 11 is 0. The first-order valence-electron chi connectivity index (χ1n) is 3.22. The summed E-state index contributed by atoms with van der Waals surface area (Å²) in [6, 6.07) is 0. The van der Waals surface area contributed by atoms with Crippen molar-refractivity contribution in [3.63, 3.8) is 0 Å². The molecule has 6 N–H and O–H groups in total. The van der Waals surface area contributed by atoms with Crippen LogP contribution in [0.5, 0.6) is 0 Å². The molecular weight excluding hydrogens is 198 g/mol. The molecule has 0 aliphatic rings. The molecular formula is C5H19N3O4S. The molecule has 0 radical (unpaired) electrons. The summed E-state index contributed by atoms with van der Waals surface area (Å²) in [6.45, 7) is -0.112. The standard InChI is InChI=1S/C3H9N.C2H7NO4S.H3N/c1-4(2)3;3-1-2-7-8(4,5)6;/h1-3H3;1-3H2,(H,4,5,6);1H3.